The molecule has 0 aromatic heterocycles. The quantitative estimate of drug-likeness (QED) is 0.190. The lowest BCUT2D eigenvalue weighted by molar-refractivity contribution is 0.104. The molecule has 0 aliphatic carbocycles. The van der Waals surface area contributed by atoms with Gasteiger partial charge in [0.25, 0.3) is 0 Å². The first-order valence-electron chi connectivity index (χ1n) is 11.3. The molecule has 8 nitrogen and oxygen atoms in total. The van der Waals surface area contributed by atoms with Gasteiger partial charge in [-0.25, -0.2) is 0 Å². The number of carbonyl (C=O) groups is 1. The minimum Gasteiger partial charge on any atom is -0.493 e. The van der Waals surface area contributed by atoms with E-state index in [4.69, 9.17) is 28.4 Å². The Kier molecular flexibility index (Phi) is 9.43. The largest absolute Gasteiger partial charge is 0.493 e. The number of rotatable bonds is 12. The van der Waals surface area contributed by atoms with E-state index >= 15 is 0 Å². The van der Waals surface area contributed by atoms with Crippen molar-refractivity contribution in [2.45, 2.75) is 0 Å². The maximum atomic E-state index is 12.7. The van der Waals surface area contributed by atoms with E-state index in [1.807, 2.05) is 48.6 Å². The zero-order valence-corrected chi connectivity index (χ0v) is 21.8. The first-order chi connectivity index (χ1) is 18.0. The Hall–Kier alpha value is -4.59. The monoisotopic (exact) mass is 505 g/mol. The molecule has 0 amide bonds. The number of methoxy groups -OCH3 is 6. The van der Waals surface area contributed by atoms with Gasteiger partial charge in [0.2, 0.25) is 11.5 Å². The summed E-state index contributed by atoms with van der Waals surface area (Å²) >= 11 is 0. The first-order valence-corrected chi connectivity index (χ1v) is 11.3. The van der Waals surface area contributed by atoms with Crippen molar-refractivity contribution in [3.63, 3.8) is 0 Å². The van der Waals surface area contributed by atoms with Crippen LogP contribution in [0.3, 0.4) is 0 Å². The lowest BCUT2D eigenvalue weighted by atomic mass is 10.1. The summed E-state index contributed by atoms with van der Waals surface area (Å²) < 4.78 is 32.2. The van der Waals surface area contributed by atoms with E-state index in [2.05, 4.69) is 5.32 Å². The molecule has 1 N–H and O–H groups in total. The van der Waals surface area contributed by atoms with Crippen LogP contribution >= 0.6 is 0 Å². The summed E-state index contributed by atoms with van der Waals surface area (Å²) in [5.41, 5.74) is 3.09. The predicted octanol–water partition coefficient (Wildman–Crippen LogP) is 5.72. The molecule has 0 saturated carbocycles. The number of benzene rings is 3. The predicted molar refractivity (Wildman–Crippen MR) is 145 cm³/mol. The number of hydrogen-bond acceptors (Lipinski definition) is 8. The molecule has 3 aromatic carbocycles. The Labute approximate surface area is 217 Å². The minimum atomic E-state index is -0.217. The Bertz CT molecular complexity index is 1250. The Morgan fingerprint density at radius 2 is 1.16 bits per heavy atom. The highest BCUT2D eigenvalue weighted by Gasteiger charge is 2.16. The van der Waals surface area contributed by atoms with Gasteiger partial charge >= 0.3 is 0 Å². The van der Waals surface area contributed by atoms with Crippen LogP contribution in [0.1, 0.15) is 21.5 Å². The summed E-state index contributed by atoms with van der Waals surface area (Å²) in [4.78, 5) is 12.7. The van der Waals surface area contributed by atoms with Crippen LogP contribution in [0, 0.1) is 0 Å². The number of allylic oxidation sites excluding steroid dienone is 1. The number of nitrogens with one attached hydrogen (secondary N) is 1. The number of hydrogen-bond donors (Lipinski definition) is 1. The summed E-state index contributed by atoms with van der Waals surface area (Å²) in [6, 6.07) is 14.7. The second-order valence-electron chi connectivity index (χ2n) is 7.67. The fourth-order valence-electron chi connectivity index (χ4n) is 3.66. The third-order valence-corrected chi connectivity index (χ3v) is 5.48. The molecule has 0 fully saturated rings. The molecule has 194 valence electrons. The number of ether oxygens (including phenoxy) is 6. The number of carbonyl (C=O) groups excluding carboxylic acids is 1. The zero-order chi connectivity index (χ0) is 26.8. The molecule has 0 spiro atoms. The third-order valence-electron chi connectivity index (χ3n) is 5.48. The summed E-state index contributed by atoms with van der Waals surface area (Å²) in [7, 11) is 9.26. The topological polar surface area (TPSA) is 84.5 Å². The van der Waals surface area contributed by atoms with Crippen LogP contribution < -0.4 is 33.7 Å². The van der Waals surface area contributed by atoms with Crippen LogP contribution in [0.25, 0.3) is 12.2 Å². The SMILES string of the molecule is COc1cc(C=Cc2cccc(NC=CC(=O)c3cc(OC)c(OC)c(OC)c3)c2)cc(OC)c1OC. The van der Waals surface area contributed by atoms with Gasteiger partial charge in [-0.05, 0) is 47.5 Å². The van der Waals surface area contributed by atoms with Crippen LogP contribution in [-0.4, -0.2) is 48.4 Å². The summed E-state index contributed by atoms with van der Waals surface area (Å²) in [6.07, 6.45) is 6.96. The average molecular weight is 506 g/mol. The highest BCUT2D eigenvalue weighted by molar-refractivity contribution is 6.05. The molecule has 37 heavy (non-hydrogen) atoms. The van der Waals surface area contributed by atoms with Crippen molar-refractivity contribution in [2.75, 3.05) is 48.0 Å². The molecule has 3 rings (SSSR count). The van der Waals surface area contributed by atoms with Gasteiger partial charge in [-0.15, -0.1) is 0 Å². The molecule has 0 aliphatic heterocycles. The molecule has 0 aliphatic rings. The van der Waals surface area contributed by atoms with Crippen molar-refractivity contribution >= 4 is 23.6 Å². The van der Waals surface area contributed by atoms with Gasteiger partial charge in [-0.3, -0.25) is 4.79 Å². The Morgan fingerprint density at radius 1 is 0.649 bits per heavy atom. The molecular formula is C29H31NO7. The van der Waals surface area contributed by atoms with Gasteiger partial charge in [-0.1, -0.05) is 24.3 Å². The second kappa shape index (κ2) is 12.9. The van der Waals surface area contributed by atoms with E-state index in [9.17, 15) is 4.79 Å². The molecule has 0 heterocycles. The van der Waals surface area contributed by atoms with Crippen molar-refractivity contribution in [2.24, 2.45) is 0 Å². The van der Waals surface area contributed by atoms with Gasteiger partial charge in [0, 0.05) is 23.5 Å². The normalized spacial score (nSPS) is 10.9. The van der Waals surface area contributed by atoms with Crippen molar-refractivity contribution in [3.05, 3.63) is 77.5 Å². The highest BCUT2D eigenvalue weighted by atomic mass is 16.5. The molecule has 0 unspecified atom stereocenters. The lowest BCUT2D eigenvalue weighted by Crippen LogP contribution is -2.01. The van der Waals surface area contributed by atoms with E-state index in [1.165, 1.54) is 27.4 Å². The van der Waals surface area contributed by atoms with Crippen LogP contribution in [0.2, 0.25) is 0 Å². The number of anilines is 1. The van der Waals surface area contributed by atoms with E-state index in [0.717, 1.165) is 16.8 Å². The van der Waals surface area contributed by atoms with Crippen molar-refractivity contribution < 1.29 is 33.2 Å². The van der Waals surface area contributed by atoms with Gasteiger partial charge < -0.3 is 33.7 Å². The summed E-state index contributed by atoms with van der Waals surface area (Å²) in [5.74, 6) is 2.75. The fourth-order valence-corrected chi connectivity index (χ4v) is 3.66. The van der Waals surface area contributed by atoms with Crippen LogP contribution in [0.4, 0.5) is 5.69 Å². The molecule has 0 saturated heterocycles. The smallest absolute Gasteiger partial charge is 0.203 e. The molecule has 0 radical (unpaired) electrons. The maximum Gasteiger partial charge on any atom is 0.203 e. The fraction of sp³-hybridized carbons (Fsp3) is 0.207. The van der Waals surface area contributed by atoms with E-state index in [1.54, 1.807) is 39.7 Å². The van der Waals surface area contributed by atoms with Crippen molar-refractivity contribution in [1.29, 1.82) is 0 Å². The minimum absolute atomic E-state index is 0.217. The molecule has 0 bridgehead atoms. The summed E-state index contributed by atoms with van der Waals surface area (Å²) in [5, 5.41) is 3.14. The molecular weight excluding hydrogens is 474 g/mol. The zero-order valence-electron chi connectivity index (χ0n) is 21.8. The Balaban J connectivity index is 1.73. The molecule has 3 aromatic rings. The first kappa shape index (κ1) is 27.0. The maximum absolute atomic E-state index is 12.7. The lowest BCUT2D eigenvalue weighted by Gasteiger charge is -2.13. The van der Waals surface area contributed by atoms with E-state index in [-0.39, 0.29) is 5.78 Å². The third kappa shape index (κ3) is 6.55. The Morgan fingerprint density at radius 3 is 1.68 bits per heavy atom. The van der Waals surface area contributed by atoms with Gasteiger partial charge in [-0.2, -0.15) is 0 Å². The second-order valence-corrected chi connectivity index (χ2v) is 7.67. The standard InChI is InChI=1S/C29H31NO7/c1-32-24-15-20(16-25(33-2)28(24)36-5)11-10-19-8-7-9-22(14-19)30-13-12-23(31)21-17-26(34-3)29(37-6)27(18-21)35-4/h7-18,30H,1-6H3. The highest BCUT2D eigenvalue weighted by Crippen LogP contribution is 2.39. The van der Waals surface area contributed by atoms with Crippen LogP contribution in [0.15, 0.2) is 60.8 Å². The van der Waals surface area contributed by atoms with Crippen molar-refractivity contribution in [1.82, 2.24) is 0 Å². The summed E-state index contributed by atoms with van der Waals surface area (Å²) in [6.45, 7) is 0. The van der Waals surface area contributed by atoms with E-state index in [0.29, 0.717) is 40.1 Å². The van der Waals surface area contributed by atoms with Gasteiger partial charge in [0.1, 0.15) is 0 Å². The van der Waals surface area contributed by atoms with Crippen molar-refractivity contribution in [3.8, 4) is 34.5 Å². The van der Waals surface area contributed by atoms with Gasteiger partial charge in [0.05, 0.1) is 42.7 Å². The van der Waals surface area contributed by atoms with Crippen LogP contribution in [0.5, 0.6) is 34.5 Å². The number of ketones is 1. The molecule has 0 atom stereocenters. The van der Waals surface area contributed by atoms with E-state index < -0.39 is 0 Å². The molecule has 8 heteroatoms. The van der Waals surface area contributed by atoms with Gasteiger partial charge in [0.15, 0.2) is 28.8 Å². The van der Waals surface area contributed by atoms with Crippen LogP contribution in [-0.2, 0) is 0 Å². The average Bonchev–Trinajstić information content (AvgIpc) is 2.94.